The van der Waals surface area contributed by atoms with Gasteiger partial charge in [-0.15, -0.1) is 0 Å². The van der Waals surface area contributed by atoms with E-state index in [-0.39, 0.29) is 12.3 Å². The largest absolute Gasteiger partial charge is 0.353 e. The molecule has 2 aliphatic rings. The number of aromatic nitrogens is 1. The summed E-state index contributed by atoms with van der Waals surface area (Å²) in [5.74, 6) is 0.0646. The fraction of sp³-hybridized carbons (Fsp3) is 0.474. The number of halogens is 1. The van der Waals surface area contributed by atoms with Crippen LogP contribution in [0.3, 0.4) is 0 Å². The summed E-state index contributed by atoms with van der Waals surface area (Å²) in [5, 5.41) is 10.3. The highest BCUT2D eigenvalue weighted by atomic mass is 35.5. The van der Waals surface area contributed by atoms with Crippen LogP contribution in [0.15, 0.2) is 28.9 Å². The normalized spacial score (nSPS) is 17.4. The van der Waals surface area contributed by atoms with Gasteiger partial charge in [-0.3, -0.25) is 9.79 Å². The van der Waals surface area contributed by atoms with Crippen LogP contribution in [0.5, 0.6) is 0 Å². The minimum absolute atomic E-state index is 0.176. The highest BCUT2D eigenvalue weighted by Crippen LogP contribution is 2.26. The molecule has 0 radical (unpaired) electrons. The molecule has 0 aliphatic carbocycles. The number of allylic oxidation sites excluding steroid dienone is 1. The number of pyridine rings is 1. The molecule has 29 heavy (non-hydrogen) atoms. The highest BCUT2D eigenvalue weighted by molar-refractivity contribution is 7.95. The van der Waals surface area contributed by atoms with E-state index in [4.69, 9.17) is 16.9 Å². The molecule has 0 unspecified atom stereocenters. The third-order valence-corrected chi connectivity index (χ3v) is 6.32. The van der Waals surface area contributed by atoms with Gasteiger partial charge in [-0.1, -0.05) is 17.7 Å². The number of thiocyanates is 1. The Morgan fingerprint density at radius 3 is 2.69 bits per heavy atom. The lowest BCUT2D eigenvalue weighted by Gasteiger charge is -2.35. The van der Waals surface area contributed by atoms with Gasteiger partial charge in [0.2, 0.25) is 15.7 Å². The first-order valence-corrected chi connectivity index (χ1v) is 11.4. The third-order valence-electron chi connectivity index (χ3n) is 5.00. The summed E-state index contributed by atoms with van der Waals surface area (Å²) in [6, 6.07) is 1.93. The maximum atomic E-state index is 12.2. The number of nitrogens with zero attached hydrogens (tertiary/aromatic N) is 5. The van der Waals surface area contributed by atoms with Crippen molar-refractivity contribution < 1.29 is 13.2 Å². The van der Waals surface area contributed by atoms with E-state index in [1.807, 2.05) is 13.0 Å². The van der Waals surface area contributed by atoms with Crippen molar-refractivity contribution in [2.24, 2.45) is 4.99 Å². The summed E-state index contributed by atoms with van der Waals surface area (Å²) in [6.07, 6.45) is 4.53. The molecular formula is C19H22ClN5O3S. The van der Waals surface area contributed by atoms with Gasteiger partial charge in [0.05, 0.1) is 16.5 Å². The Morgan fingerprint density at radius 2 is 2.03 bits per heavy atom. The fourth-order valence-electron chi connectivity index (χ4n) is 3.37. The minimum Gasteiger partial charge on any atom is -0.353 e. The Bertz CT molecular complexity index is 1010. The van der Waals surface area contributed by atoms with Crippen LogP contribution < -0.4 is 4.90 Å². The van der Waals surface area contributed by atoms with Crippen LogP contribution in [0.2, 0.25) is 5.02 Å². The van der Waals surface area contributed by atoms with Crippen molar-refractivity contribution in [2.45, 2.75) is 19.8 Å². The summed E-state index contributed by atoms with van der Waals surface area (Å²) in [4.78, 5) is 25.0. The number of rotatable bonds is 5. The molecule has 1 fully saturated rings. The number of sulfone groups is 1. The van der Waals surface area contributed by atoms with Crippen molar-refractivity contribution in [3.63, 3.8) is 0 Å². The molecule has 0 N–H and O–H groups in total. The van der Waals surface area contributed by atoms with Crippen LogP contribution in [0.1, 0.15) is 25.3 Å². The quantitative estimate of drug-likeness (QED) is 0.515. The number of nitriles is 1. The Labute approximate surface area is 175 Å². The second-order valence-corrected chi connectivity index (χ2v) is 9.18. The van der Waals surface area contributed by atoms with Gasteiger partial charge >= 0.3 is 0 Å². The standard InChI is InChI=1S/C19H22ClN5O3S/c1-14-3-2-5-22-19(14)15-11-17(23-12-16(15)20)24-6-8-25(9-7-24)18(26)4-10-29(27,28)13-21/h3,11-12H,2,4-10H2,1H3. The number of hydrogen-bond donors (Lipinski definition) is 0. The second-order valence-electron chi connectivity index (χ2n) is 6.96. The molecule has 1 aromatic rings. The lowest BCUT2D eigenvalue weighted by molar-refractivity contribution is -0.131. The first-order chi connectivity index (χ1) is 13.8. The molecule has 3 heterocycles. The lowest BCUT2D eigenvalue weighted by Crippen LogP contribution is -2.49. The summed E-state index contributed by atoms with van der Waals surface area (Å²) in [7, 11) is -3.82. The van der Waals surface area contributed by atoms with E-state index in [0.717, 1.165) is 35.6 Å². The number of dihydropyridines is 1. The molecule has 154 valence electrons. The summed E-state index contributed by atoms with van der Waals surface area (Å²) >= 11 is 6.37. The van der Waals surface area contributed by atoms with Crippen LogP contribution in [0, 0.1) is 10.7 Å². The number of carbonyl (C=O) groups is 1. The van der Waals surface area contributed by atoms with E-state index in [0.29, 0.717) is 31.2 Å². The van der Waals surface area contributed by atoms with Gasteiger partial charge in [0, 0.05) is 50.9 Å². The molecule has 0 atom stereocenters. The van der Waals surface area contributed by atoms with Crippen LogP contribution in [0.25, 0.3) is 0 Å². The fourth-order valence-corrected chi connectivity index (χ4v) is 4.10. The average Bonchev–Trinajstić information content (AvgIpc) is 2.73. The molecule has 10 heteroatoms. The maximum Gasteiger partial charge on any atom is 0.241 e. The molecule has 1 amide bonds. The summed E-state index contributed by atoms with van der Waals surface area (Å²) in [5.41, 5.74) is 2.83. The number of amides is 1. The van der Waals surface area contributed by atoms with Gasteiger partial charge in [0.15, 0.2) is 5.40 Å². The zero-order chi connectivity index (χ0) is 21.0. The van der Waals surface area contributed by atoms with Gasteiger partial charge in [-0.2, -0.15) is 5.26 Å². The summed E-state index contributed by atoms with van der Waals surface area (Å²) < 4.78 is 22.5. The molecule has 3 rings (SSSR count). The predicted molar refractivity (Wildman–Crippen MR) is 112 cm³/mol. The zero-order valence-electron chi connectivity index (χ0n) is 16.1. The van der Waals surface area contributed by atoms with Gasteiger partial charge in [-0.25, -0.2) is 13.4 Å². The van der Waals surface area contributed by atoms with Gasteiger partial charge in [0.1, 0.15) is 5.82 Å². The van der Waals surface area contributed by atoms with Gasteiger partial charge in [-0.05, 0) is 25.0 Å². The molecule has 8 nitrogen and oxygen atoms in total. The molecule has 0 bridgehead atoms. The van der Waals surface area contributed by atoms with Crippen molar-refractivity contribution in [3.8, 4) is 5.40 Å². The lowest BCUT2D eigenvalue weighted by atomic mass is 10.0. The van der Waals surface area contributed by atoms with Crippen molar-refractivity contribution in [1.82, 2.24) is 9.88 Å². The SMILES string of the molecule is CC1=CCCN=C1c1cc(N2CCN(C(=O)CCS(=O)(=O)C#N)CC2)ncc1Cl. The molecular weight excluding hydrogens is 414 g/mol. The van der Waals surface area contributed by atoms with Crippen LogP contribution >= 0.6 is 11.6 Å². The first-order valence-electron chi connectivity index (χ1n) is 9.34. The van der Waals surface area contributed by atoms with E-state index in [1.165, 1.54) is 5.40 Å². The van der Waals surface area contributed by atoms with Crippen LogP contribution in [-0.2, 0) is 14.6 Å². The van der Waals surface area contributed by atoms with E-state index in [1.54, 1.807) is 11.1 Å². The Balaban J connectivity index is 1.65. The number of hydrogen-bond acceptors (Lipinski definition) is 7. The second kappa shape index (κ2) is 8.93. The third kappa shape index (κ3) is 5.14. The Hall–Kier alpha value is -2.44. The number of aliphatic imine (C=N–C) groups is 1. The molecule has 2 aliphatic heterocycles. The van der Waals surface area contributed by atoms with Crippen LogP contribution in [-0.4, -0.2) is 68.4 Å². The van der Waals surface area contributed by atoms with E-state index < -0.39 is 15.6 Å². The molecule has 1 saturated heterocycles. The smallest absolute Gasteiger partial charge is 0.241 e. The first kappa shape index (κ1) is 21.3. The van der Waals surface area contributed by atoms with Gasteiger partial charge in [0.25, 0.3) is 0 Å². The van der Waals surface area contributed by atoms with E-state index in [2.05, 4.69) is 21.0 Å². The van der Waals surface area contributed by atoms with Crippen molar-refractivity contribution in [2.75, 3.05) is 43.4 Å². The van der Waals surface area contributed by atoms with E-state index in [9.17, 15) is 13.2 Å². The molecule has 0 aromatic carbocycles. The Kier molecular flexibility index (Phi) is 6.55. The minimum atomic E-state index is -3.82. The van der Waals surface area contributed by atoms with Crippen molar-refractivity contribution in [3.05, 3.63) is 34.5 Å². The van der Waals surface area contributed by atoms with Crippen LogP contribution in [0.4, 0.5) is 5.82 Å². The zero-order valence-corrected chi connectivity index (χ0v) is 17.7. The number of piperazine rings is 1. The van der Waals surface area contributed by atoms with E-state index >= 15 is 0 Å². The molecule has 0 saturated carbocycles. The van der Waals surface area contributed by atoms with Gasteiger partial charge < -0.3 is 9.80 Å². The van der Waals surface area contributed by atoms with Crippen molar-refractivity contribution >= 4 is 38.9 Å². The molecule has 0 spiro atoms. The molecule has 1 aromatic heterocycles. The van der Waals surface area contributed by atoms with Crippen molar-refractivity contribution in [1.29, 1.82) is 5.26 Å². The Morgan fingerprint density at radius 1 is 1.31 bits per heavy atom. The predicted octanol–water partition coefficient (Wildman–Crippen LogP) is 1.81. The maximum absolute atomic E-state index is 12.2. The number of carbonyl (C=O) groups excluding carboxylic acids is 1. The monoisotopic (exact) mass is 435 g/mol. The summed E-state index contributed by atoms with van der Waals surface area (Å²) in [6.45, 7) is 4.84. The number of anilines is 1. The highest BCUT2D eigenvalue weighted by Gasteiger charge is 2.24. The average molecular weight is 436 g/mol. The topological polar surface area (TPSA) is 107 Å².